The Balaban J connectivity index is 1.75. The van der Waals surface area contributed by atoms with Crippen LogP contribution in [-0.4, -0.2) is 46.5 Å². The van der Waals surface area contributed by atoms with Gasteiger partial charge in [-0.25, -0.2) is 4.98 Å². The van der Waals surface area contributed by atoms with Crippen LogP contribution in [0.15, 0.2) is 18.3 Å². The molecule has 3 rings (SSSR count). The number of carbonyl (C=O) groups is 1. The number of carbonyl (C=O) groups excluding carboxylic acids is 1. The molecule has 0 saturated carbocycles. The number of hydrogen-bond acceptors (Lipinski definition) is 4. The summed E-state index contributed by atoms with van der Waals surface area (Å²) in [5.41, 5.74) is 0.622. The van der Waals surface area contributed by atoms with Crippen LogP contribution in [0.25, 0.3) is 0 Å². The standard InChI is InChI=1S/C16H22N2O2S/c19-16(18-9-3-1-2-4-10-18)14-6-5-8-17-15(14)20-13-7-11-21-12-13/h5-6,8,13H,1-4,7,9-12H2. The summed E-state index contributed by atoms with van der Waals surface area (Å²) in [6, 6.07) is 3.67. The zero-order valence-corrected chi connectivity index (χ0v) is 13.1. The first-order chi connectivity index (χ1) is 10.3. The van der Waals surface area contributed by atoms with Crippen molar-refractivity contribution in [3.63, 3.8) is 0 Å². The first-order valence-corrected chi connectivity index (χ1v) is 8.99. The highest BCUT2D eigenvalue weighted by molar-refractivity contribution is 7.99. The van der Waals surface area contributed by atoms with Crippen molar-refractivity contribution in [2.45, 2.75) is 38.2 Å². The lowest BCUT2D eigenvalue weighted by Crippen LogP contribution is -2.32. The summed E-state index contributed by atoms with van der Waals surface area (Å²) in [4.78, 5) is 19.0. The van der Waals surface area contributed by atoms with Gasteiger partial charge >= 0.3 is 0 Å². The van der Waals surface area contributed by atoms with Gasteiger partial charge in [-0.3, -0.25) is 4.79 Å². The maximum atomic E-state index is 12.7. The van der Waals surface area contributed by atoms with Crippen molar-refractivity contribution in [3.8, 4) is 5.88 Å². The third-order valence-corrected chi connectivity index (χ3v) is 5.19. The number of pyridine rings is 1. The van der Waals surface area contributed by atoms with Crippen molar-refractivity contribution in [2.75, 3.05) is 24.6 Å². The molecule has 1 aromatic rings. The van der Waals surface area contributed by atoms with E-state index in [-0.39, 0.29) is 12.0 Å². The molecule has 0 aliphatic carbocycles. The molecule has 2 aliphatic rings. The minimum absolute atomic E-state index is 0.0747. The van der Waals surface area contributed by atoms with Crippen molar-refractivity contribution >= 4 is 17.7 Å². The van der Waals surface area contributed by atoms with Crippen LogP contribution in [0.5, 0.6) is 5.88 Å². The number of amides is 1. The van der Waals surface area contributed by atoms with Crippen LogP contribution >= 0.6 is 11.8 Å². The fourth-order valence-corrected chi connectivity index (χ4v) is 3.95. The number of rotatable bonds is 3. The molecule has 1 amide bonds. The Labute approximate surface area is 130 Å². The van der Waals surface area contributed by atoms with E-state index in [0.29, 0.717) is 11.4 Å². The Morgan fingerprint density at radius 1 is 1.29 bits per heavy atom. The van der Waals surface area contributed by atoms with Gasteiger partial charge in [0.05, 0.1) is 0 Å². The number of likely N-dealkylation sites (tertiary alicyclic amines) is 1. The number of nitrogens with zero attached hydrogens (tertiary/aromatic N) is 2. The Hall–Kier alpha value is -1.23. The number of ether oxygens (including phenoxy) is 1. The van der Waals surface area contributed by atoms with Gasteiger partial charge in [0.15, 0.2) is 0 Å². The predicted octanol–water partition coefficient (Wildman–Crippen LogP) is 2.98. The third-order valence-electron chi connectivity index (χ3n) is 4.06. The molecule has 21 heavy (non-hydrogen) atoms. The Bertz CT molecular complexity index is 481. The Kier molecular flexibility index (Phi) is 5.01. The highest BCUT2D eigenvalue weighted by atomic mass is 32.2. The molecule has 1 atom stereocenters. The fraction of sp³-hybridized carbons (Fsp3) is 0.625. The van der Waals surface area contributed by atoms with E-state index in [4.69, 9.17) is 4.74 Å². The first kappa shape index (κ1) is 14.7. The van der Waals surface area contributed by atoms with Crippen LogP contribution in [-0.2, 0) is 0 Å². The minimum Gasteiger partial charge on any atom is -0.473 e. The van der Waals surface area contributed by atoms with Crippen LogP contribution in [0.4, 0.5) is 0 Å². The fourth-order valence-electron chi connectivity index (χ4n) is 2.86. The van der Waals surface area contributed by atoms with E-state index in [0.717, 1.165) is 43.9 Å². The Morgan fingerprint density at radius 2 is 2.10 bits per heavy atom. The van der Waals surface area contributed by atoms with Crippen molar-refractivity contribution in [3.05, 3.63) is 23.9 Å². The van der Waals surface area contributed by atoms with Gasteiger partial charge in [-0.05, 0) is 37.1 Å². The molecule has 0 N–H and O–H groups in total. The summed E-state index contributed by atoms with van der Waals surface area (Å²) in [6.45, 7) is 1.71. The van der Waals surface area contributed by atoms with Gasteiger partial charge in [0.1, 0.15) is 11.7 Å². The first-order valence-electron chi connectivity index (χ1n) is 7.83. The zero-order valence-electron chi connectivity index (χ0n) is 12.3. The van der Waals surface area contributed by atoms with Gasteiger partial charge in [-0.15, -0.1) is 0 Å². The van der Waals surface area contributed by atoms with E-state index >= 15 is 0 Å². The van der Waals surface area contributed by atoms with Crippen molar-refractivity contribution in [1.29, 1.82) is 0 Å². The molecule has 3 heterocycles. The topological polar surface area (TPSA) is 42.4 Å². The molecule has 0 radical (unpaired) electrons. The van der Waals surface area contributed by atoms with Gasteiger partial charge in [-0.2, -0.15) is 11.8 Å². The van der Waals surface area contributed by atoms with Gasteiger partial charge in [-0.1, -0.05) is 12.8 Å². The van der Waals surface area contributed by atoms with Gasteiger partial charge in [0.2, 0.25) is 5.88 Å². The molecule has 1 unspecified atom stereocenters. The average Bonchev–Trinajstić information content (AvgIpc) is 2.87. The van der Waals surface area contributed by atoms with Crippen LogP contribution in [0.1, 0.15) is 42.5 Å². The summed E-state index contributed by atoms with van der Waals surface area (Å²) >= 11 is 1.90. The monoisotopic (exact) mass is 306 g/mol. The summed E-state index contributed by atoms with van der Waals surface area (Å²) < 4.78 is 5.97. The molecular weight excluding hydrogens is 284 g/mol. The van der Waals surface area contributed by atoms with Gasteiger partial charge in [0.25, 0.3) is 5.91 Å². The van der Waals surface area contributed by atoms with Crippen LogP contribution in [0, 0.1) is 0 Å². The molecule has 0 bridgehead atoms. The SMILES string of the molecule is O=C(c1cccnc1OC1CCSC1)N1CCCCCC1. The summed E-state index contributed by atoms with van der Waals surface area (Å²) in [5.74, 6) is 2.71. The smallest absolute Gasteiger partial charge is 0.259 e. The second kappa shape index (κ2) is 7.16. The highest BCUT2D eigenvalue weighted by Gasteiger charge is 2.24. The molecule has 2 saturated heterocycles. The van der Waals surface area contributed by atoms with Crippen LogP contribution in [0.3, 0.4) is 0 Å². The van der Waals surface area contributed by atoms with Crippen LogP contribution in [0.2, 0.25) is 0 Å². The van der Waals surface area contributed by atoms with E-state index < -0.39 is 0 Å². The van der Waals surface area contributed by atoms with Gasteiger partial charge in [0, 0.05) is 25.0 Å². The molecular formula is C16H22N2O2S. The third kappa shape index (κ3) is 3.70. The molecule has 2 aliphatic heterocycles. The summed E-state index contributed by atoms with van der Waals surface area (Å²) in [6.07, 6.45) is 7.58. The van der Waals surface area contributed by atoms with E-state index in [1.807, 2.05) is 28.8 Å². The molecule has 0 spiro atoms. The average molecular weight is 306 g/mol. The normalized spacial score (nSPS) is 22.9. The lowest BCUT2D eigenvalue weighted by molar-refractivity contribution is 0.0753. The minimum atomic E-state index is 0.0747. The van der Waals surface area contributed by atoms with Crippen molar-refractivity contribution in [2.24, 2.45) is 0 Å². The Morgan fingerprint density at radius 3 is 2.81 bits per heavy atom. The van der Waals surface area contributed by atoms with Crippen molar-refractivity contribution < 1.29 is 9.53 Å². The molecule has 0 aromatic carbocycles. The predicted molar refractivity (Wildman–Crippen MR) is 85.0 cm³/mol. The molecule has 2 fully saturated rings. The van der Waals surface area contributed by atoms with E-state index in [2.05, 4.69) is 4.98 Å². The van der Waals surface area contributed by atoms with E-state index in [1.165, 1.54) is 12.8 Å². The van der Waals surface area contributed by atoms with E-state index in [1.54, 1.807) is 6.20 Å². The quantitative estimate of drug-likeness (QED) is 0.861. The maximum absolute atomic E-state index is 12.7. The highest BCUT2D eigenvalue weighted by Crippen LogP contribution is 2.25. The molecule has 1 aromatic heterocycles. The molecule has 4 nitrogen and oxygen atoms in total. The largest absolute Gasteiger partial charge is 0.473 e. The molecule has 114 valence electrons. The van der Waals surface area contributed by atoms with Gasteiger partial charge < -0.3 is 9.64 Å². The molecule has 5 heteroatoms. The number of thioether (sulfide) groups is 1. The number of aromatic nitrogens is 1. The second-order valence-corrected chi connectivity index (χ2v) is 6.82. The summed E-state index contributed by atoms with van der Waals surface area (Å²) in [5, 5.41) is 0. The number of hydrogen-bond donors (Lipinski definition) is 0. The summed E-state index contributed by atoms with van der Waals surface area (Å²) in [7, 11) is 0. The lowest BCUT2D eigenvalue weighted by atomic mass is 10.2. The van der Waals surface area contributed by atoms with Crippen LogP contribution < -0.4 is 4.74 Å². The zero-order chi connectivity index (χ0) is 14.5. The van der Waals surface area contributed by atoms with Crippen molar-refractivity contribution in [1.82, 2.24) is 9.88 Å². The maximum Gasteiger partial charge on any atom is 0.259 e. The van der Waals surface area contributed by atoms with E-state index in [9.17, 15) is 4.79 Å². The lowest BCUT2D eigenvalue weighted by Gasteiger charge is -2.22. The second-order valence-electron chi connectivity index (χ2n) is 5.67.